The maximum absolute atomic E-state index is 13.5. The highest BCUT2D eigenvalue weighted by molar-refractivity contribution is 5.94. The summed E-state index contributed by atoms with van der Waals surface area (Å²) in [7, 11) is 0. The summed E-state index contributed by atoms with van der Waals surface area (Å²) in [6.07, 6.45) is 2.32. The van der Waals surface area contributed by atoms with E-state index < -0.39 is 5.82 Å². The molecule has 32 heavy (non-hydrogen) atoms. The normalized spacial score (nSPS) is 19.6. The summed E-state index contributed by atoms with van der Waals surface area (Å²) in [5, 5.41) is 4.12. The molecule has 1 aromatic heterocycles. The molecule has 0 radical (unpaired) electrons. The summed E-state index contributed by atoms with van der Waals surface area (Å²) in [6, 6.07) is 7.35. The third-order valence-electron chi connectivity index (χ3n) is 6.17. The van der Waals surface area contributed by atoms with Crippen LogP contribution in [0.15, 0.2) is 34.9 Å². The summed E-state index contributed by atoms with van der Waals surface area (Å²) in [5.74, 6) is -0.764. The van der Waals surface area contributed by atoms with Crippen molar-refractivity contribution in [3.05, 3.63) is 53.2 Å². The third-order valence-corrected chi connectivity index (χ3v) is 6.17. The van der Waals surface area contributed by atoms with E-state index in [0.29, 0.717) is 56.9 Å². The van der Waals surface area contributed by atoms with Crippen LogP contribution in [-0.4, -0.2) is 76.8 Å². The van der Waals surface area contributed by atoms with Crippen LogP contribution in [0.4, 0.5) is 4.39 Å². The molecule has 170 valence electrons. The fraction of sp³-hybridized carbons (Fsp3) is 0.478. The molecule has 1 atom stereocenters. The lowest BCUT2D eigenvalue weighted by molar-refractivity contribution is -0.128. The van der Waals surface area contributed by atoms with Crippen LogP contribution in [0.25, 0.3) is 0 Å². The molecule has 1 aromatic carbocycles. The molecule has 0 aliphatic carbocycles. The van der Waals surface area contributed by atoms with E-state index in [9.17, 15) is 18.8 Å². The second-order valence-electron chi connectivity index (χ2n) is 8.37. The lowest BCUT2D eigenvalue weighted by Crippen LogP contribution is -2.39. The fourth-order valence-electron chi connectivity index (χ4n) is 4.38. The van der Waals surface area contributed by atoms with Crippen molar-refractivity contribution in [1.29, 1.82) is 0 Å². The van der Waals surface area contributed by atoms with Crippen molar-refractivity contribution in [3.8, 4) is 0 Å². The summed E-state index contributed by atoms with van der Waals surface area (Å²) in [4.78, 5) is 42.4. The average molecular weight is 442 g/mol. The SMILES string of the molecule is CC(=O)N1CCCN(C(=O)c2cc([C@@H]3CCCN(C(=O)c4cccc(F)c4)C3)no2)CC1. The van der Waals surface area contributed by atoms with Gasteiger partial charge >= 0.3 is 0 Å². The minimum absolute atomic E-state index is 0.0101. The van der Waals surface area contributed by atoms with Crippen molar-refractivity contribution in [2.24, 2.45) is 0 Å². The molecule has 0 bridgehead atoms. The number of aromatic nitrogens is 1. The second kappa shape index (κ2) is 9.50. The van der Waals surface area contributed by atoms with E-state index in [4.69, 9.17) is 4.52 Å². The van der Waals surface area contributed by atoms with Gasteiger partial charge in [-0.1, -0.05) is 11.2 Å². The number of rotatable bonds is 3. The van der Waals surface area contributed by atoms with Crippen LogP contribution < -0.4 is 0 Å². The zero-order valence-corrected chi connectivity index (χ0v) is 18.1. The highest BCUT2D eigenvalue weighted by atomic mass is 19.1. The molecule has 2 saturated heterocycles. The zero-order chi connectivity index (χ0) is 22.7. The van der Waals surface area contributed by atoms with E-state index >= 15 is 0 Å². The van der Waals surface area contributed by atoms with Gasteiger partial charge in [-0.25, -0.2) is 4.39 Å². The number of benzene rings is 1. The Morgan fingerprint density at radius 1 is 0.969 bits per heavy atom. The van der Waals surface area contributed by atoms with Crippen LogP contribution in [0, 0.1) is 5.82 Å². The molecule has 3 heterocycles. The van der Waals surface area contributed by atoms with Crippen LogP contribution in [0.2, 0.25) is 0 Å². The van der Waals surface area contributed by atoms with Gasteiger partial charge in [-0.2, -0.15) is 0 Å². The lowest BCUT2D eigenvalue weighted by atomic mass is 9.94. The lowest BCUT2D eigenvalue weighted by Gasteiger charge is -2.31. The van der Waals surface area contributed by atoms with Gasteiger partial charge in [0.1, 0.15) is 5.82 Å². The minimum Gasteiger partial charge on any atom is -0.351 e. The van der Waals surface area contributed by atoms with Crippen LogP contribution in [-0.2, 0) is 4.79 Å². The molecule has 0 unspecified atom stereocenters. The van der Waals surface area contributed by atoms with Crippen LogP contribution in [0.5, 0.6) is 0 Å². The minimum atomic E-state index is -0.441. The van der Waals surface area contributed by atoms with E-state index in [-0.39, 0.29) is 29.4 Å². The quantitative estimate of drug-likeness (QED) is 0.729. The average Bonchev–Trinajstić information content (AvgIpc) is 3.16. The molecule has 2 aromatic rings. The molecule has 2 aliphatic heterocycles. The maximum Gasteiger partial charge on any atom is 0.292 e. The number of amides is 3. The Labute approximate surface area is 185 Å². The van der Waals surface area contributed by atoms with E-state index in [1.807, 2.05) is 0 Å². The summed E-state index contributed by atoms with van der Waals surface area (Å²) >= 11 is 0. The molecule has 3 amide bonds. The number of carbonyl (C=O) groups is 3. The molecule has 9 heteroatoms. The van der Waals surface area contributed by atoms with Crippen LogP contribution >= 0.6 is 0 Å². The fourth-order valence-corrected chi connectivity index (χ4v) is 4.38. The van der Waals surface area contributed by atoms with Gasteiger partial charge in [0, 0.05) is 63.7 Å². The summed E-state index contributed by atoms with van der Waals surface area (Å²) in [6.45, 7) is 4.71. The maximum atomic E-state index is 13.5. The van der Waals surface area contributed by atoms with Crippen LogP contribution in [0.3, 0.4) is 0 Å². The summed E-state index contributed by atoms with van der Waals surface area (Å²) < 4.78 is 18.9. The van der Waals surface area contributed by atoms with Crippen molar-refractivity contribution in [3.63, 3.8) is 0 Å². The number of nitrogens with zero attached hydrogens (tertiary/aromatic N) is 4. The number of halogens is 1. The number of hydrogen-bond donors (Lipinski definition) is 0. The number of piperidine rings is 1. The van der Waals surface area contributed by atoms with Crippen molar-refractivity contribution in [2.45, 2.75) is 32.1 Å². The Kier molecular flexibility index (Phi) is 6.53. The Hall–Kier alpha value is -3.23. The molecule has 0 spiro atoms. The first-order valence-corrected chi connectivity index (χ1v) is 11.0. The van der Waals surface area contributed by atoms with Gasteiger partial charge in [0.05, 0.1) is 5.69 Å². The molecular weight excluding hydrogens is 415 g/mol. The van der Waals surface area contributed by atoms with Crippen molar-refractivity contribution < 1.29 is 23.3 Å². The van der Waals surface area contributed by atoms with E-state index in [0.717, 1.165) is 12.8 Å². The van der Waals surface area contributed by atoms with Crippen molar-refractivity contribution in [1.82, 2.24) is 19.9 Å². The number of likely N-dealkylation sites (tertiary alicyclic amines) is 1. The first-order chi connectivity index (χ1) is 15.4. The van der Waals surface area contributed by atoms with Gasteiger partial charge in [-0.05, 0) is 37.5 Å². The monoisotopic (exact) mass is 442 g/mol. The third kappa shape index (κ3) is 4.81. The zero-order valence-electron chi connectivity index (χ0n) is 18.1. The van der Waals surface area contributed by atoms with E-state index in [1.165, 1.54) is 25.1 Å². The molecule has 8 nitrogen and oxygen atoms in total. The number of hydrogen-bond acceptors (Lipinski definition) is 5. The predicted octanol–water partition coefficient (Wildman–Crippen LogP) is 2.53. The van der Waals surface area contributed by atoms with Gasteiger partial charge < -0.3 is 19.2 Å². The van der Waals surface area contributed by atoms with E-state index in [2.05, 4.69) is 5.16 Å². The molecule has 4 rings (SSSR count). The van der Waals surface area contributed by atoms with Gasteiger partial charge in [0.25, 0.3) is 11.8 Å². The topological polar surface area (TPSA) is 87.0 Å². The second-order valence-corrected chi connectivity index (χ2v) is 8.37. The molecular formula is C23H27FN4O4. The highest BCUT2D eigenvalue weighted by Gasteiger charge is 2.30. The van der Waals surface area contributed by atoms with Gasteiger partial charge in [-0.15, -0.1) is 0 Å². The Morgan fingerprint density at radius 3 is 2.50 bits per heavy atom. The van der Waals surface area contributed by atoms with Gasteiger partial charge in [0.2, 0.25) is 11.7 Å². The van der Waals surface area contributed by atoms with Crippen molar-refractivity contribution >= 4 is 17.7 Å². The summed E-state index contributed by atoms with van der Waals surface area (Å²) in [5.41, 5.74) is 0.965. The standard InChI is InChI=1S/C23H27FN4O4/c1-16(29)26-9-4-10-27(12-11-26)23(31)21-14-20(25-32-21)18-6-3-8-28(15-18)22(30)17-5-2-7-19(24)13-17/h2,5,7,13-14,18H,3-4,6,8-12,15H2,1H3/t18-/m1/s1. The van der Waals surface area contributed by atoms with Gasteiger partial charge in [0.15, 0.2) is 0 Å². The Balaban J connectivity index is 1.41. The molecule has 0 N–H and O–H groups in total. The molecule has 2 aliphatic rings. The van der Waals surface area contributed by atoms with E-state index in [1.54, 1.807) is 26.8 Å². The predicted molar refractivity (Wildman–Crippen MR) is 114 cm³/mol. The van der Waals surface area contributed by atoms with Crippen LogP contribution in [0.1, 0.15) is 58.7 Å². The largest absolute Gasteiger partial charge is 0.351 e. The molecule has 2 fully saturated rings. The molecule has 0 saturated carbocycles. The first-order valence-electron chi connectivity index (χ1n) is 11.0. The Morgan fingerprint density at radius 2 is 1.72 bits per heavy atom. The number of carbonyl (C=O) groups excluding carboxylic acids is 3. The first kappa shape index (κ1) is 22.0. The smallest absolute Gasteiger partial charge is 0.292 e. The Bertz CT molecular complexity index is 1010. The van der Waals surface area contributed by atoms with Gasteiger partial charge in [-0.3, -0.25) is 14.4 Å². The highest BCUT2D eigenvalue weighted by Crippen LogP contribution is 2.28. The van der Waals surface area contributed by atoms with Crippen molar-refractivity contribution in [2.75, 3.05) is 39.3 Å².